The van der Waals surface area contributed by atoms with Crippen molar-refractivity contribution in [3.05, 3.63) is 0 Å². The average molecular weight is 238 g/mol. The molecule has 3 unspecified atom stereocenters. The van der Waals surface area contributed by atoms with Crippen LogP contribution >= 0.6 is 0 Å². The van der Waals surface area contributed by atoms with E-state index in [2.05, 4.69) is 37.9 Å². The van der Waals surface area contributed by atoms with Gasteiger partial charge in [-0.3, -0.25) is 0 Å². The van der Waals surface area contributed by atoms with Gasteiger partial charge in [0.05, 0.1) is 0 Å². The van der Waals surface area contributed by atoms with Gasteiger partial charge in [0.2, 0.25) is 0 Å². The summed E-state index contributed by atoms with van der Waals surface area (Å²) in [5.41, 5.74) is 0.474. The summed E-state index contributed by atoms with van der Waals surface area (Å²) in [4.78, 5) is 2.70. The Morgan fingerprint density at radius 2 is 1.82 bits per heavy atom. The minimum Gasteiger partial charge on any atom is -0.312 e. The maximum Gasteiger partial charge on any atom is 0.0246 e. The number of nitrogens with zero attached hydrogens (tertiary/aromatic N) is 1. The zero-order chi connectivity index (χ0) is 12.5. The highest BCUT2D eigenvalue weighted by atomic mass is 15.2. The van der Waals surface area contributed by atoms with Crippen molar-refractivity contribution in [1.29, 1.82) is 0 Å². The molecule has 2 rings (SSSR count). The molecule has 2 aliphatic heterocycles. The van der Waals surface area contributed by atoms with E-state index in [0.717, 1.165) is 11.8 Å². The molecule has 2 nitrogen and oxygen atoms in total. The number of hydrogen-bond donors (Lipinski definition) is 1. The molecule has 0 aromatic heterocycles. The van der Waals surface area contributed by atoms with Crippen molar-refractivity contribution < 1.29 is 0 Å². The van der Waals surface area contributed by atoms with Crippen LogP contribution in [0.25, 0.3) is 0 Å². The molecule has 100 valence electrons. The van der Waals surface area contributed by atoms with Crippen molar-refractivity contribution in [2.24, 2.45) is 17.3 Å². The van der Waals surface area contributed by atoms with Crippen LogP contribution < -0.4 is 5.32 Å². The van der Waals surface area contributed by atoms with Gasteiger partial charge >= 0.3 is 0 Å². The molecule has 17 heavy (non-hydrogen) atoms. The van der Waals surface area contributed by atoms with E-state index in [1.54, 1.807) is 0 Å². The van der Waals surface area contributed by atoms with Gasteiger partial charge in [-0.2, -0.15) is 0 Å². The van der Waals surface area contributed by atoms with Gasteiger partial charge in [-0.15, -0.1) is 0 Å². The topological polar surface area (TPSA) is 15.3 Å². The molecular formula is C15H30N2. The van der Waals surface area contributed by atoms with Crippen LogP contribution in [0.1, 0.15) is 47.0 Å². The van der Waals surface area contributed by atoms with Crippen molar-refractivity contribution >= 4 is 0 Å². The van der Waals surface area contributed by atoms with E-state index in [1.807, 2.05) is 0 Å². The Kier molecular flexibility index (Phi) is 4.14. The van der Waals surface area contributed by atoms with E-state index in [1.165, 1.54) is 45.4 Å². The molecule has 0 bridgehead atoms. The monoisotopic (exact) mass is 238 g/mol. The van der Waals surface area contributed by atoms with Gasteiger partial charge in [-0.05, 0) is 43.1 Å². The summed E-state index contributed by atoms with van der Waals surface area (Å²) in [7, 11) is 0. The normalized spacial score (nSPS) is 39.2. The minimum absolute atomic E-state index is 0.474. The quantitative estimate of drug-likeness (QED) is 0.796. The molecule has 2 heterocycles. The molecule has 2 saturated heterocycles. The number of hydrogen-bond acceptors (Lipinski definition) is 2. The number of piperidine rings is 2. The standard InChI is InChI=1S/C15H30N2/c1-12-8-13(2)10-17(9-12)11-14-15(3,4)6-5-7-16-14/h12-14,16H,5-11H2,1-4H3. The SMILES string of the molecule is CC1CC(C)CN(CC2NCCCC2(C)C)C1. The average Bonchev–Trinajstić information content (AvgIpc) is 2.19. The largest absolute Gasteiger partial charge is 0.312 e. The highest BCUT2D eigenvalue weighted by Crippen LogP contribution is 2.31. The van der Waals surface area contributed by atoms with Crippen LogP contribution in [0.3, 0.4) is 0 Å². The minimum atomic E-state index is 0.474. The molecule has 0 aromatic carbocycles. The molecular weight excluding hydrogens is 208 g/mol. The highest BCUT2D eigenvalue weighted by molar-refractivity contribution is 4.91. The van der Waals surface area contributed by atoms with Gasteiger partial charge < -0.3 is 10.2 Å². The van der Waals surface area contributed by atoms with Gasteiger partial charge in [-0.1, -0.05) is 27.7 Å². The van der Waals surface area contributed by atoms with Crippen LogP contribution in [-0.2, 0) is 0 Å². The third-order valence-corrected chi connectivity index (χ3v) is 4.72. The maximum absolute atomic E-state index is 3.74. The first-order valence-electron chi connectivity index (χ1n) is 7.43. The summed E-state index contributed by atoms with van der Waals surface area (Å²) in [6, 6.07) is 0.689. The predicted molar refractivity (Wildman–Crippen MR) is 74.2 cm³/mol. The lowest BCUT2D eigenvalue weighted by atomic mass is 9.77. The lowest BCUT2D eigenvalue weighted by Crippen LogP contribution is -2.54. The van der Waals surface area contributed by atoms with Crippen molar-refractivity contribution in [2.45, 2.75) is 53.0 Å². The van der Waals surface area contributed by atoms with Crippen LogP contribution in [0.15, 0.2) is 0 Å². The molecule has 2 heteroatoms. The smallest absolute Gasteiger partial charge is 0.0246 e. The summed E-state index contributed by atoms with van der Waals surface area (Å²) >= 11 is 0. The van der Waals surface area contributed by atoms with Crippen molar-refractivity contribution in [2.75, 3.05) is 26.2 Å². The number of likely N-dealkylation sites (tertiary alicyclic amines) is 1. The van der Waals surface area contributed by atoms with Crippen LogP contribution in [0, 0.1) is 17.3 Å². The molecule has 0 saturated carbocycles. The van der Waals surface area contributed by atoms with Crippen LogP contribution in [-0.4, -0.2) is 37.1 Å². The first-order chi connectivity index (χ1) is 7.97. The van der Waals surface area contributed by atoms with Gasteiger partial charge in [-0.25, -0.2) is 0 Å². The van der Waals surface area contributed by atoms with Crippen LogP contribution in [0.4, 0.5) is 0 Å². The second-order valence-electron chi connectivity index (χ2n) is 7.26. The fraction of sp³-hybridized carbons (Fsp3) is 1.00. The first kappa shape index (κ1) is 13.4. The van der Waals surface area contributed by atoms with Crippen molar-refractivity contribution in [1.82, 2.24) is 10.2 Å². The number of rotatable bonds is 2. The van der Waals surface area contributed by atoms with Gasteiger partial charge in [0.25, 0.3) is 0 Å². The van der Waals surface area contributed by atoms with E-state index in [0.29, 0.717) is 11.5 Å². The maximum atomic E-state index is 3.74. The van der Waals surface area contributed by atoms with Crippen molar-refractivity contribution in [3.63, 3.8) is 0 Å². The van der Waals surface area contributed by atoms with Crippen LogP contribution in [0.2, 0.25) is 0 Å². The molecule has 0 aliphatic carbocycles. The highest BCUT2D eigenvalue weighted by Gasteiger charge is 2.34. The fourth-order valence-electron chi connectivity index (χ4n) is 3.78. The Bertz CT molecular complexity index is 239. The van der Waals surface area contributed by atoms with E-state index in [-0.39, 0.29) is 0 Å². The molecule has 2 aliphatic rings. The molecule has 0 aromatic rings. The summed E-state index contributed by atoms with van der Waals surface area (Å²) in [6.45, 7) is 14.7. The van der Waals surface area contributed by atoms with E-state index in [4.69, 9.17) is 0 Å². The molecule has 1 N–H and O–H groups in total. The third-order valence-electron chi connectivity index (χ3n) is 4.72. The Morgan fingerprint density at radius 3 is 2.41 bits per heavy atom. The molecule has 3 atom stereocenters. The zero-order valence-corrected chi connectivity index (χ0v) is 12.1. The van der Waals surface area contributed by atoms with Gasteiger partial charge in [0, 0.05) is 25.7 Å². The van der Waals surface area contributed by atoms with Gasteiger partial charge in [0.15, 0.2) is 0 Å². The predicted octanol–water partition coefficient (Wildman–Crippen LogP) is 2.74. The molecule has 2 fully saturated rings. The summed E-state index contributed by atoms with van der Waals surface area (Å²) in [6.07, 6.45) is 4.14. The second-order valence-corrected chi connectivity index (χ2v) is 7.26. The zero-order valence-electron chi connectivity index (χ0n) is 12.1. The Balaban J connectivity index is 1.90. The Morgan fingerprint density at radius 1 is 1.18 bits per heavy atom. The third kappa shape index (κ3) is 3.45. The Hall–Kier alpha value is -0.0800. The summed E-state index contributed by atoms with van der Waals surface area (Å²) in [5, 5.41) is 3.74. The van der Waals surface area contributed by atoms with E-state index in [9.17, 15) is 0 Å². The fourth-order valence-corrected chi connectivity index (χ4v) is 3.78. The second kappa shape index (κ2) is 5.27. The summed E-state index contributed by atoms with van der Waals surface area (Å²) < 4.78 is 0. The lowest BCUT2D eigenvalue weighted by Gasteiger charge is -2.44. The van der Waals surface area contributed by atoms with Crippen molar-refractivity contribution in [3.8, 4) is 0 Å². The summed E-state index contributed by atoms with van der Waals surface area (Å²) in [5.74, 6) is 1.76. The molecule has 0 amide bonds. The molecule has 0 radical (unpaired) electrons. The van der Waals surface area contributed by atoms with E-state index >= 15 is 0 Å². The number of nitrogens with one attached hydrogen (secondary N) is 1. The first-order valence-corrected chi connectivity index (χ1v) is 7.43. The van der Waals surface area contributed by atoms with E-state index < -0.39 is 0 Å². The molecule has 0 spiro atoms. The Labute approximate surface area is 107 Å². The van der Waals surface area contributed by atoms with Gasteiger partial charge in [0.1, 0.15) is 0 Å². The lowest BCUT2D eigenvalue weighted by molar-refractivity contribution is 0.0825. The van der Waals surface area contributed by atoms with Crippen LogP contribution in [0.5, 0.6) is 0 Å².